The first-order valence-electron chi connectivity index (χ1n) is 6.30. The standard InChI is InChI=1S/C15H16ClNO3S/c1-20-13-7-5-11(6-8-13)15(17)10-21(18,19)14-4-2-3-12(16)9-14/h2-9,15H,10,17H2,1H3. The van der Waals surface area contributed by atoms with E-state index in [4.69, 9.17) is 22.1 Å². The lowest BCUT2D eigenvalue weighted by molar-refractivity contribution is 0.414. The molecule has 0 saturated carbocycles. The highest BCUT2D eigenvalue weighted by atomic mass is 35.5. The van der Waals surface area contributed by atoms with Crippen LogP contribution in [0.3, 0.4) is 0 Å². The summed E-state index contributed by atoms with van der Waals surface area (Å²) >= 11 is 5.83. The van der Waals surface area contributed by atoms with E-state index in [2.05, 4.69) is 0 Å². The molecule has 2 aromatic rings. The minimum absolute atomic E-state index is 0.180. The van der Waals surface area contributed by atoms with Crippen LogP contribution in [0.4, 0.5) is 0 Å². The second kappa shape index (κ2) is 6.47. The summed E-state index contributed by atoms with van der Waals surface area (Å²) in [7, 11) is -1.92. The van der Waals surface area contributed by atoms with Gasteiger partial charge in [0.1, 0.15) is 5.75 Å². The lowest BCUT2D eigenvalue weighted by atomic mass is 10.1. The summed E-state index contributed by atoms with van der Waals surface area (Å²) in [5.41, 5.74) is 6.73. The van der Waals surface area contributed by atoms with E-state index in [9.17, 15) is 8.42 Å². The Kier molecular flexibility index (Phi) is 4.88. The molecule has 2 rings (SSSR count). The molecule has 0 heterocycles. The first-order chi connectivity index (χ1) is 9.92. The molecule has 0 spiro atoms. The Hall–Kier alpha value is -1.56. The van der Waals surface area contributed by atoms with E-state index in [1.165, 1.54) is 12.1 Å². The molecule has 1 unspecified atom stereocenters. The molecule has 112 valence electrons. The Morgan fingerprint density at radius 3 is 2.43 bits per heavy atom. The van der Waals surface area contributed by atoms with Crippen LogP contribution in [0.5, 0.6) is 5.75 Å². The molecule has 0 fully saturated rings. The van der Waals surface area contributed by atoms with Gasteiger partial charge in [-0.1, -0.05) is 29.8 Å². The number of sulfone groups is 1. The summed E-state index contributed by atoms with van der Waals surface area (Å²) in [5, 5.41) is 0.383. The summed E-state index contributed by atoms with van der Waals surface area (Å²) in [6.45, 7) is 0. The summed E-state index contributed by atoms with van der Waals surface area (Å²) < 4.78 is 29.7. The fourth-order valence-electron chi connectivity index (χ4n) is 1.94. The predicted octanol–water partition coefficient (Wildman–Crippen LogP) is 2.82. The van der Waals surface area contributed by atoms with Crippen molar-refractivity contribution in [2.24, 2.45) is 5.73 Å². The zero-order valence-corrected chi connectivity index (χ0v) is 13.1. The molecule has 1 atom stereocenters. The van der Waals surface area contributed by atoms with Crippen LogP contribution in [0.2, 0.25) is 5.02 Å². The minimum Gasteiger partial charge on any atom is -0.497 e. The molecule has 0 aliphatic rings. The van der Waals surface area contributed by atoms with Gasteiger partial charge in [-0.2, -0.15) is 0 Å². The Bertz CT molecular complexity index is 714. The van der Waals surface area contributed by atoms with Crippen molar-refractivity contribution in [1.29, 1.82) is 0 Å². The third-order valence-electron chi connectivity index (χ3n) is 3.10. The number of benzene rings is 2. The van der Waals surface area contributed by atoms with E-state index in [1.807, 2.05) is 0 Å². The van der Waals surface area contributed by atoms with E-state index < -0.39 is 15.9 Å². The SMILES string of the molecule is COc1ccc(C(N)CS(=O)(=O)c2cccc(Cl)c2)cc1. The molecule has 0 aliphatic carbocycles. The maximum atomic E-state index is 12.3. The molecule has 0 bridgehead atoms. The fourth-order valence-corrected chi connectivity index (χ4v) is 3.65. The highest BCUT2D eigenvalue weighted by Gasteiger charge is 2.20. The molecular weight excluding hydrogens is 310 g/mol. The van der Waals surface area contributed by atoms with Crippen LogP contribution in [0.15, 0.2) is 53.4 Å². The van der Waals surface area contributed by atoms with Crippen LogP contribution in [-0.4, -0.2) is 21.3 Å². The number of hydrogen-bond acceptors (Lipinski definition) is 4. The van der Waals surface area contributed by atoms with E-state index in [0.29, 0.717) is 10.8 Å². The van der Waals surface area contributed by atoms with Crippen molar-refractivity contribution in [3.8, 4) is 5.75 Å². The number of halogens is 1. The van der Waals surface area contributed by atoms with Gasteiger partial charge < -0.3 is 10.5 Å². The predicted molar refractivity (Wildman–Crippen MR) is 83.4 cm³/mol. The van der Waals surface area contributed by atoms with Gasteiger partial charge in [0.15, 0.2) is 9.84 Å². The summed E-state index contributed by atoms with van der Waals surface area (Å²) in [6.07, 6.45) is 0. The normalized spacial score (nSPS) is 12.9. The van der Waals surface area contributed by atoms with Gasteiger partial charge in [0.2, 0.25) is 0 Å². The van der Waals surface area contributed by atoms with Gasteiger partial charge >= 0.3 is 0 Å². The Balaban J connectivity index is 2.19. The highest BCUT2D eigenvalue weighted by Crippen LogP contribution is 2.22. The molecule has 4 nitrogen and oxygen atoms in total. The van der Waals surface area contributed by atoms with Crippen molar-refractivity contribution >= 4 is 21.4 Å². The molecule has 2 aromatic carbocycles. The first kappa shape index (κ1) is 15.8. The first-order valence-corrected chi connectivity index (χ1v) is 8.33. The monoisotopic (exact) mass is 325 g/mol. The summed E-state index contributed by atoms with van der Waals surface area (Å²) in [4.78, 5) is 0.180. The van der Waals surface area contributed by atoms with Crippen molar-refractivity contribution < 1.29 is 13.2 Å². The van der Waals surface area contributed by atoms with Gasteiger partial charge in [0.25, 0.3) is 0 Å². The number of rotatable bonds is 5. The summed E-state index contributed by atoms with van der Waals surface area (Å²) in [5.74, 6) is 0.517. The lowest BCUT2D eigenvalue weighted by Crippen LogP contribution is -2.21. The maximum Gasteiger partial charge on any atom is 0.180 e. The number of methoxy groups -OCH3 is 1. The van der Waals surface area contributed by atoms with Crippen LogP contribution in [-0.2, 0) is 9.84 Å². The molecule has 0 aliphatic heterocycles. The minimum atomic E-state index is -3.49. The van der Waals surface area contributed by atoms with Gasteiger partial charge in [0.05, 0.1) is 17.8 Å². The van der Waals surface area contributed by atoms with E-state index in [-0.39, 0.29) is 10.6 Å². The van der Waals surface area contributed by atoms with Gasteiger partial charge in [-0.3, -0.25) is 0 Å². The highest BCUT2D eigenvalue weighted by molar-refractivity contribution is 7.91. The largest absolute Gasteiger partial charge is 0.497 e. The fraction of sp³-hybridized carbons (Fsp3) is 0.200. The Labute approximate surface area is 129 Å². The van der Waals surface area contributed by atoms with Crippen molar-refractivity contribution in [3.05, 3.63) is 59.1 Å². The van der Waals surface area contributed by atoms with Crippen LogP contribution in [0.1, 0.15) is 11.6 Å². The third-order valence-corrected chi connectivity index (χ3v) is 5.10. The van der Waals surface area contributed by atoms with Crippen molar-refractivity contribution in [2.45, 2.75) is 10.9 Å². The van der Waals surface area contributed by atoms with Crippen molar-refractivity contribution in [2.75, 3.05) is 12.9 Å². The molecule has 0 saturated heterocycles. The van der Waals surface area contributed by atoms with E-state index >= 15 is 0 Å². The molecule has 2 N–H and O–H groups in total. The lowest BCUT2D eigenvalue weighted by Gasteiger charge is -2.13. The quantitative estimate of drug-likeness (QED) is 0.917. The van der Waals surface area contributed by atoms with Crippen LogP contribution >= 0.6 is 11.6 Å². The van der Waals surface area contributed by atoms with Gasteiger partial charge in [-0.15, -0.1) is 0 Å². The molecule has 0 amide bonds. The maximum absolute atomic E-state index is 12.3. The topological polar surface area (TPSA) is 69.4 Å². The summed E-state index contributed by atoms with van der Waals surface area (Å²) in [6, 6.07) is 12.6. The second-order valence-corrected chi connectivity index (χ2v) is 7.09. The second-order valence-electron chi connectivity index (χ2n) is 4.62. The average molecular weight is 326 g/mol. The van der Waals surface area contributed by atoms with Crippen molar-refractivity contribution in [1.82, 2.24) is 0 Å². The third kappa shape index (κ3) is 3.97. The number of ether oxygens (including phenoxy) is 1. The zero-order valence-electron chi connectivity index (χ0n) is 11.5. The van der Waals surface area contributed by atoms with Gasteiger partial charge in [-0.05, 0) is 35.9 Å². The van der Waals surface area contributed by atoms with Gasteiger partial charge in [-0.25, -0.2) is 8.42 Å². The molecule has 21 heavy (non-hydrogen) atoms. The Morgan fingerprint density at radius 2 is 1.86 bits per heavy atom. The molecular formula is C15H16ClNO3S. The molecule has 0 aromatic heterocycles. The van der Waals surface area contributed by atoms with Crippen molar-refractivity contribution in [3.63, 3.8) is 0 Å². The van der Waals surface area contributed by atoms with Crippen LogP contribution < -0.4 is 10.5 Å². The van der Waals surface area contributed by atoms with E-state index in [0.717, 1.165) is 5.56 Å². The van der Waals surface area contributed by atoms with E-state index in [1.54, 1.807) is 43.5 Å². The Morgan fingerprint density at radius 1 is 1.19 bits per heavy atom. The van der Waals surface area contributed by atoms with Crippen LogP contribution in [0.25, 0.3) is 0 Å². The molecule has 6 heteroatoms. The van der Waals surface area contributed by atoms with Gasteiger partial charge in [0, 0.05) is 11.1 Å². The van der Waals surface area contributed by atoms with Crippen LogP contribution in [0, 0.1) is 0 Å². The molecule has 0 radical (unpaired) electrons. The zero-order chi connectivity index (χ0) is 15.5. The smallest absolute Gasteiger partial charge is 0.180 e. The average Bonchev–Trinajstić information content (AvgIpc) is 2.47. The number of hydrogen-bond donors (Lipinski definition) is 1. The number of nitrogens with two attached hydrogens (primary N) is 1.